The first-order valence-corrected chi connectivity index (χ1v) is 9.32. The number of furan rings is 1. The van der Waals surface area contributed by atoms with Crippen molar-refractivity contribution in [3.8, 4) is 0 Å². The number of fused-ring (bicyclic) bond motifs is 1. The van der Waals surface area contributed by atoms with Crippen LogP contribution in [0, 0.1) is 10.1 Å². The number of rotatable bonds is 4. The summed E-state index contributed by atoms with van der Waals surface area (Å²) in [5.74, 6) is 0.771. The Balaban J connectivity index is 1.66. The van der Waals surface area contributed by atoms with Gasteiger partial charge in [0.1, 0.15) is 5.76 Å². The molecule has 2 aromatic carbocycles. The van der Waals surface area contributed by atoms with Crippen LogP contribution in [0.25, 0.3) is 0 Å². The third kappa shape index (κ3) is 3.59. The molecule has 1 atom stereocenters. The first kappa shape index (κ1) is 17.4. The van der Waals surface area contributed by atoms with E-state index >= 15 is 0 Å². The van der Waals surface area contributed by atoms with Crippen molar-refractivity contribution in [3.05, 3.63) is 88.4 Å². The summed E-state index contributed by atoms with van der Waals surface area (Å²) in [5.41, 5.74) is 1.72. The van der Waals surface area contributed by atoms with Gasteiger partial charge in [0.05, 0.1) is 28.7 Å². The number of para-hydroxylation sites is 1. The molecule has 0 radical (unpaired) electrons. The van der Waals surface area contributed by atoms with Crippen molar-refractivity contribution in [3.63, 3.8) is 0 Å². The maximum Gasteiger partial charge on any atom is 0.269 e. The van der Waals surface area contributed by atoms with E-state index in [1.54, 1.807) is 35.1 Å². The standard InChI is InChI=1S/C20H16N2O4S/c23-20-12-19(17-5-3-11-26-17)27-18-6-2-1-4-16(18)21(20)13-14-7-9-15(10-8-14)22(24)25/h1-11,19H,12-13H2/t19-/m0/s1. The smallest absolute Gasteiger partial charge is 0.269 e. The maximum absolute atomic E-state index is 13.0. The van der Waals surface area contributed by atoms with Gasteiger partial charge in [0.25, 0.3) is 5.69 Å². The van der Waals surface area contributed by atoms with E-state index in [9.17, 15) is 14.9 Å². The molecule has 6 nitrogen and oxygen atoms in total. The molecule has 4 rings (SSSR count). The van der Waals surface area contributed by atoms with Gasteiger partial charge in [-0.1, -0.05) is 24.3 Å². The molecule has 7 heteroatoms. The quantitative estimate of drug-likeness (QED) is 0.472. The molecule has 0 saturated heterocycles. The number of carbonyl (C=O) groups is 1. The van der Waals surface area contributed by atoms with Crippen LogP contribution in [0.3, 0.4) is 0 Å². The van der Waals surface area contributed by atoms with Crippen LogP contribution in [0.4, 0.5) is 11.4 Å². The highest BCUT2D eigenvalue weighted by molar-refractivity contribution is 7.99. The summed E-state index contributed by atoms with van der Waals surface area (Å²) in [5, 5.41) is 10.8. The number of carbonyl (C=O) groups excluding carboxylic acids is 1. The zero-order valence-corrected chi connectivity index (χ0v) is 15.1. The molecule has 3 aromatic rings. The Bertz CT molecular complexity index is 970. The van der Waals surface area contributed by atoms with Crippen molar-refractivity contribution >= 4 is 29.0 Å². The number of anilines is 1. The van der Waals surface area contributed by atoms with Gasteiger partial charge in [-0.15, -0.1) is 11.8 Å². The maximum atomic E-state index is 13.0. The van der Waals surface area contributed by atoms with Crippen molar-refractivity contribution in [2.24, 2.45) is 0 Å². The van der Waals surface area contributed by atoms with E-state index in [4.69, 9.17) is 4.42 Å². The highest BCUT2D eigenvalue weighted by Gasteiger charge is 2.30. The number of nitro benzene ring substituents is 1. The first-order valence-electron chi connectivity index (χ1n) is 8.44. The van der Waals surface area contributed by atoms with Crippen LogP contribution < -0.4 is 4.90 Å². The van der Waals surface area contributed by atoms with Gasteiger partial charge in [0.15, 0.2) is 0 Å². The number of thioether (sulfide) groups is 1. The van der Waals surface area contributed by atoms with E-state index in [0.29, 0.717) is 13.0 Å². The van der Waals surface area contributed by atoms with E-state index < -0.39 is 4.92 Å². The Morgan fingerprint density at radius 2 is 1.89 bits per heavy atom. The largest absolute Gasteiger partial charge is 0.468 e. The number of hydrogen-bond acceptors (Lipinski definition) is 5. The summed E-state index contributed by atoms with van der Waals surface area (Å²) in [4.78, 5) is 26.2. The molecule has 0 saturated carbocycles. The fraction of sp³-hybridized carbons (Fsp3) is 0.150. The predicted molar refractivity (Wildman–Crippen MR) is 103 cm³/mol. The number of benzene rings is 2. The predicted octanol–water partition coefficient (Wildman–Crippen LogP) is 4.96. The molecule has 0 N–H and O–H groups in total. The second-order valence-corrected chi connectivity index (χ2v) is 7.44. The number of amides is 1. The molecule has 0 unspecified atom stereocenters. The third-order valence-electron chi connectivity index (χ3n) is 4.43. The molecule has 1 aromatic heterocycles. The van der Waals surface area contributed by atoms with Crippen LogP contribution in [0.2, 0.25) is 0 Å². The third-order valence-corrected chi connectivity index (χ3v) is 5.72. The molecule has 1 amide bonds. The Morgan fingerprint density at radius 3 is 2.59 bits per heavy atom. The van der Waals surface area contributed by atoms with Crippen LogP contribution in [-0.4, -0.2) is 10.8 Å². The highest BCUT2D eigenvalue weighted by atomic mass is 32.2. The lowest BCUT2D eigenvalue weighted by Gasteiger charge is -2.22. The molecule has 1 aliphatic rings. The Kier molecular flexibility index (Phi) is 4.68. The Hall–Kier alpha value is -3.06. The topological polar surface area (TPSA) is 76.6 Å². The van der Waals surface area contributed by atoms with E-state index in [2.05, 4.69) is 0 Å². The van der Waals surface area contributed by atoms with Crippen LogP contribution in [0.15, 0.2) is 76.2 Å². The molecular weight excluding hydrogens is 364 g/mol. The zero-order valence-electron chi connectivity index (χ0n) is 14.3. The van der Waals surface area contributed by atoms with E-state index in [-0.39, 0.29) is 16.8 Å². The SMILES string of the molecule is O=C1C[C@@H](c2ccco2)Sc2ccccc2N1Cc1ccc([N+](=O)[O-])cc1. The lowest BCUT2D eigenvalue weighted by Crippen LogP contribution is -2.30. The van der Waals surface area contributed by atoms with Gasteiger partial charge < -0.3 is 9.32 Å². The molecule has 0 aliphatic carbocycles. The van der Waals surface area contributed by atoms with Crippen molar-refractivity contribution in [2.75, 3.05) is 4.90 Å². The molecular formula is C20H16N2O4S. The Morgan fingerprint density at radius 1 is 1.11 bits per heavy atom. The number of nitrogens with zero attached hydrogens (tertiary/aromatic N) is 2. The average molecular weight is 380 g/mol. The van der Waals surface area contributed by atoms with Crippen molar-refractivity contribution < 1.29 is 14.1 Å². The van der Waals surface area contributed by atoms with Crippen molar-refractivity contribution in [1.82, 2.24) is 0 Å². The highest BCUT2D eigenvalue weighted by Crippen LogP contribution is 2.45. The van der Waals surface area contributed by atoms with Gasteiger partial charge in [-0.25, -0.2) is 0 Å². The molecule has 27 heavy (non-hydrogen) atoms. The van der Waals surface area contributed by atoms with Crippen LogP contribution in [0.5, 0.6) is 0 Å². The molecule has 136 valence electrons. The van der Waals surface area contributed by atoms with Crippen LogP contribution in [-0.2, 0) is 11.3 Å². The van der Waals surface area contributed by atoms with Gasteiger partial charge in [0, 0.05) is 23.4 Å². The summed E-state index contributed by atoms with van der Waals surface area (Å²) >= 11 is 1.61. The van der Waals surface area contributed by atoms with Crippen molar-refractivity contribution in [1.29, 1.82) is 0 Å². The van der Waals surface area contributed by atoms with Gasteiger partial charge in [-0.05, 0) is 29.8 Å². The summed E-state index contributed by atoms with van der Waals surface area (Å²) in [6.45, 7) is 0.360. The molecule has 0 fully saturated rings. The molecule has 0 spiro atoms. The first-order chi connectivity index (χ1) is 13.1. The minimum Gasteiger partial charge on any atom is -0.468 e. The monoisotopic (exact) mass is 380 g/mol. The Labute approximate surface area is 159 Å². The van der Waals surface area contributed by atoms with Gasteiger partial charge in [-0.2, -0.15) is 0 Å². The van der Waals surface area contributed by atoms with Crippen LogP contribution in [0.1, 0.15) is 23.0 Å². The zero-order chi connectivity index (χ0) is 18.8. The average Bonchev–Trinajstić information content (AvgIpc) is 3.17. The fourth-order valence-electron chi connectivity index (χ4n) is 3.09. The minimum absolute atomic E-state index is 0.00722. The van der Waals surface area contributed by atoms with E-state index in [1.807, 2.05) is 36.4 Å². The second-order valence-electron chi connectivity index (χ2n) is 6.20. The number of hydrogen-bond donors (Lipinski definition) is 0. The molecule has 1 aliphatic heterocycles. The summed E-state index contributed by atoms with van der Waals surface area (Å²) < 4.78 is 5.53. The number of nitro groups is 1. The van der Waals surface area contributed by atoms with Gasteiger partial charge >= 0.3 is 0 Å². The van der Waals surface area contributed by atoms with Crippen molar-refractivity contribution in [2.45, 2.75) is 23.1 Å². The number of non-ortho nitro benzene ring substituents is 1. The second kappa shape index (κ2) is 7.28. The minimum atomic E-state index is -0.430. The van der Waals surface area contributed by atoms with Gasteiger partial charge in [-0.3, -0.25) is 14.9 Å². The lowest BCUT2D eigenvalue weighted by atomic mass is 10.1. The molecule has 0 bridgehead atoms. The van der Waals surface area contributed by atoms with E-state index in [1.165, 1.54) is 12.1 Å². The van der Waals surface area contributed by atoms with Crippen LogP contribution >= 0.6 is 11.8 Å². The van der Waals surface area contributed by atoms with E-state index in [0.717, 1.165) is 21.9 Å². The summed E-state index contributed by atoms with van der Waals surface area (Å²) in [6.07, 6.45) is 1.94. The summed E-state index contributed by atoms with van der Waals surface area (Å²) in [7, 11) is 0. The van der Waals surface area contributed by atoms with Gasteiger partial charge in [0.2, 0.25) is 5.91 Å². The molecule has 2 heterocycles. The lowest BCUT2D eigenvalue weighted by molar-refractivity contribution is -0.384. The normalized spacial score (nSPS) is 16.7. The summed E-state index contributed by atoms with van der Waals surface area (Å²) in [6, 6.07) is 17.8. The fourth-order valence-corrected chi connectivity index (χ4v) is 4.33.